The van der Waals surface area contributed by atoms with Crippen LogP contribution in [0.25, 0.3) is 0 Å². The van der Waals surface area contributed by atoms with E-state index in [1.165, 1.54) is 18.6 Å². The van der Waals surface area contributed by atoms with Gasteiger partial charge in [-0.05, 0) is 12.5 Å². The molecule has 2 aromatic rings. The van der Waals surface area contributed by atoms with Crippen molar-refractivity contribution in [1.29, 1.82) is 0 Å². The monoisotopic (exact) mass is 261 g/mol. The fourth-order valence-corrected chi connectivity index (χ4v) is 1.79. The Labute approximate surface area is 108 Å². The van der Waals surface area contributed by atoms with Crippen LogP contribution in [0.1, 0.15) is 21.6 Å². The number of nitro groups is 1. The van der Waals surface area contributed by atoms with E-state index < -0.39 is 10.9 Å². The molecule has 0 atom stereocenters. The Morgan fingerprint density at radius 1 is 1.53 bits per heavy atom. The smallest absolute Gasteiger partial charge is 0.356 e. The summed E-state index contributed by atoms with van der Waals surface area (Å²) in [5, 5.41) is 19.6. The highest BCUT2D eigenvalue weighted by molar-refractivity contribution is 5.84. The van der Waals surface area contributed by atoms with Crippen molar-refractivity contribution in [2.75, 3.05) is 0 Å². The Morgan fingerprint density at radius 2 is 2.26 bits per heavy atom. The first-order valence-electron chi connectivity index (χ1n) is 5.47. The van der Waals surface area contributed by atoms with Crippen LogP contribution in [0.2, 0.25) is 0 Å². The maximum atomic E-state index is 10.8. The highest BCUT2D eigenvalue weighted by atomic mass is 16.6. The SMILES string of the molecule is Cc1c(Cn2cnc(C(=O)O)c2)cccc1[N+](=O)[O-]. The van der Waals surface area contributed by atoms with Gasteiger partial charge in [-0.2, -0.15) is 0 Å². The van der Waals surface area contributed by atoms with Gasteiger partial charge in [0.1, 0.15) is 0 Å². The second kappa shape index (κ2) is 4.89. The number of aromatic carboxylic acids is 1. The lowest BCUT2D eigenvalue weighted by molar-refractivity contribution is -0.385. The summed E-state index contributed by atoms with van der Waals surface area (Å²) < 4.78 is 1.58. The molecule has 0 amide bonds. The van der Waals surface area contributed by atoms with Crippen LogP contribution in [0.3, 0.4) is 0 Å². The van der Waals surface area contributed by atoms with Gasteiger partial charge < -0.3 is 9.67 Å². The molecular weight excluding hydrogens is 250 g/mol. The summed E-state index contributed by atoms with van der Waals surface area (Å²) >= 11 is 0. The van der Waals surface area contributed by atoms with Gasteiger partial charge >= 0.3 is 5.97 Å². The molecule has 0 saturated carbocycles. The van der Waals surface area contributed by atoms with Crippen molar-refractivity contribution in [2.24, 2.45) is 0 Å². The Morgan fingerprint density at radius 3 is 2.84 bits per heavy atom. The summed E-state index contributed by atoms with van der Waals surface area (Å²) in [7, 11) is 0. The van der Waals surface area contributed by atoms with Gasteiger partial charge in [-0.25, -0.2) is 9.78 Å². The lowest BCUT2D eigenvalue weighted by atomic mass is 10.1. The fourth-order valence-electron chi connectivity index (χ4n) is 1.79. The number of rotatable bonds is 4. The van der Waals surface area contributed by atoms with E-state index in [1.54, 1.807) is 23.6 Å². The zero-order chi connectivity index (χ0) is 14.0. The van der Waals surface area contributed by atoms with Crippen molar-refractivity contribution in [3.8, 4) is 0 Å². The Kier molecular flexibility index (Phi) is 3.28. The quantitative estimate of drug-likeness (QED) is 0.668. The van der Waals surface area contributed by atoms with E-state index >= 15 is 0 Å². The second-order valence-corrected chi connectivity index (χ2v) is 4.05. The molecule has 1 heterocycles. The first-order chi connectivity index (χ1) is 8.99. The minimum atomic E-state index is -1.10. The van der Waals surface area contributed by atoms with Gasteiger partial charge in [-0.15, -0.1) is 0 Å². The third-order valence-corrected chi connectivity index (χ3v) is 2.82. The molecule has 0 spiro atoms. The molecular formula is C12H11N3O4. The fraction of sp³-hybridized carbons (Fsp3) is 0.167. The normalized spacial score (nSPS) is 10.4. The van der Waals surface area contributed by atoms with E-state index in [4.69, 9.17) is 5.11 Å². The van der Waals surface area contributed by atoms with Crippen molar-refractivity contribution in [1.82, 2.24) is 9.55 Å². The van der Waals surface area contributed by atoms with E-state index in [-0.39, 0.29) is 11.4 Å². The number of carbonyl (C=O) groups is 1. The molecule has 2 rings (SSSR count). The first-order valence-corrected chi connectivity index (χ1v) is 5.47. The molecule has 1 aromatic carbocycles. The van der Waals surface area contributed by atoms with Crippen LogP contribution in [0.5, 0.6) is 0 Å². The van der Waals surface area contributed by atoms with Crippen molar-refractivity contribution in [3.63, 3.8) is 0 Å². The second-order valence-electron chi connectivity index (χ2n) is 4.05. The lowest BCUT2D eigenvalue weighted by Crippen LogP contribution is -2.02. The van der Waals surface area contributed by atoms with E-state index in [9.17, 15) is 14.9 Å². The molecule has 0 radical (unpaired) electrons. The summed E-state index contributed by atoms with van der Waals surface area (Å²) in [5.41, 5.74) is 1.32. The highest BCUT2D eigenvalue weighted by Gasteiger charge is 2.14. The third-order valence-electron chi connectivity index (χ3n) is 2.82. The van der Waals surface area contributed by atoms with E-state index in [0.717, 1.165) is 5.56 Å². The summed E-state index contributed by atoms with van der Waals surface area (Å²) in [5.74, 6) is -1.10. The van der Waals surface area contributed by atoms with Crippen LogP contribution < -0.4 is 0 Å². The van der Waals surface area contributed by atoms with Crippen molar-refractivity contribution >= 4 is 11.7 Å². The molecule has 0 fully saturated rings. The minimum Gasteiger partial charge on any atom is -0.476 e. The number of carboxylic acids is 1. The standard InChI is InChI=1S/C12H11N3O4/c1-8-9(3-2-4-11(8)15(18)19)5-14-6-10(12(16)17)13-7-14/h2-4,6-7H,5H2,1H3,(H,16,17). The molecule has 7 nitrogen and oxygen atoms in total. The predicted molar refractivity (Wildman–Crippen MR) is 66.1 cm³/mol. The van der Waals surface area contributed by atoms with E-state index in [0.29, 0.717) is 12.1 Å². The Balaban J connectivity index is 2.30. The molecule has 7 heteroatoms. The number of carboxylic acid groups (broad SMARTS) is 1. The van der Waals surface area contributed by atoms with E-state index in [2.05, 4.69) is 4.98 Å². The molecule has 1 aromatic heterocycles. The summed E-state index contributed by atoms with van der Waals surface area (Å²) in [6, 6.07) is 4.81. The van der Waals surface area contributed by atoms with Crippen LogP contribution >= 0.6 is 0 Å². The molecule has 1 N–H and O–H groups in total. The average molecular weight is 261 g/mol. The zero-order valence-corrected chi connectivity index (χ0v) is 10.1. The average Bonchev–Trinajstić information content (AvgIpc) is 2.80. The lowest BCUT2D eigenvalue weighted by Gasteiger charge is -2.06. The van der Waals surface area contributed by atoms with Gasteiger partial charge in [-0.1, -0.05) is 12.1 Å². The van der Waals surface area contributed by atoms with E-state index in [1.807, 2.05) is 0 Å². The Bertz CT molecular complexity index is 648. The molecule has 0 aliphatic heterocycles. The summed E-state index contributed by atoms with van der Waals surface area (Å²) in [6.45, 7) is 2.01. The van der Waals surface area contributed by atoms with Gasteiger partial charge in [-0.3, -0.25) is 10.1 Å². The topological polar surface area (TPSA) is 98.3 Å². The van der Waals surface area contributed by atoms with Crippen LogP contribution in [0.4, 0.5) is 5.69 Å². The largest absolute Gasteiger partial charge is 0.476 e. The molecule has 0 saturated heterocycles. The van der Waals surface area contributed by atoms with Gasteiger partial charge in [0.25, 0.3) is 5.69 Å². The van der Waals surface area contributed by atoms with Crippen LogP contribution in [0.15, 0.2) is 30.7 Å². The maximum Gasteiger partial charge on any atom is 0.356 e. The molecule has 0 aliphatic carbocycles. The molecule has 98 valence electrons. The van der Waals surface area contributed by atoms with Gasteiger partial charge in [0.2, 0.25) is 0 Å². The zero-order valence-electron chi connectivity index (χ0n) is 10.1. The highest BCUT2D eigenvalue weighted by Crippen LogP contribution is 2.21. The maximum absolute atomic E-state index is 10.8. The van der Waals surface area contributed by atoms with Gasteiger partial charge in [0.05, 0.1) is 11.3 Å². The first kappa shape index (κ1) is 12.7. The number of hydrogen-bond donors (Lipinski definition) is 1. The van der Waals surface area contributed by atoms with Crippen LogP contribution in [0, 0.1) is 17.0 Å². The number of imidazole rings is 1. The number of nitrogens with zero attached hydrogens (tertiary/aromatic N) is 3. The van der Waals surface area contributed by atoms with Crippen LogP contribution in [-0.2, 0) is 6.54 Å². The Hall–Kier alpha value is -2.70. The third kappa shape index (κ3) is 2.59. The summed E-state index contributed by atoms with van der Waals surface area (Å²) in [4.78, 5) is 24.8. The number of aromatic nitrogens is 2. The summed E-state index contributed by atoms with van der Waals surface area (Å²) in [6.07, 6.45) is 2.78. The van der Waals surface area contributed by atoms with Crippen molar-refractivity contribution in [3.05, 3.63) is 57.7 Å². The van der Waals surface area contributed by atoms with Crippen molar-refractivity contribution in [2.45, 2.75) is 13.5 Å². The molecule has 0 bridgehead atoms. The van der Waals surface area contributed by atoms with Crippen molar-refractivity contribution < 1.29 is 14.8 Å². The number of hydrogen-bond acceptors (Lipinski definition) is 4. The molecule has 0 aliphatic rings. The minimum absolute atomic E-state index is 0.0519. The van der Waals surface area contributed by atoms with Gasteiger partial charge in [0.15, 0.2) is 5.69 Å². The predicted octanol–water partition coefficient (Wildman–Crippen LogP) is 1.85. The molecule has 19 heavy (non-hydrogen) atoms. The number of nitro benzene ring substituents is 1. The number of benzene rings is 1. The molecule has 0 unspecified atom stereocenters. The van der Waals surface area contributed by atoms with Crippen LogP contribution in [-0.4, -0.2) is 25.6 Å². The van der Waals surface area contributed by atoms with Gasteiger partial charge in [0, 0.05) is 24.4 Å².